The van der Waals surface area contributed by atoms with Crippen LogP contribution in [0.3, 0.4) is 0 Å². The molecule has 0 bridgehead atoms. The lowest BCUT2D eigenvalue weighted by Gasteiger charge is -2.27. The molecule has 0 heterocycles. The number of rotatable bonds is 17. The van der Waals surface area contributed by atoms with Gasteiger partial charge in [-0.15, -0.1) is 0 Å². The van der Waals surface area contributed by atoms with Crippen LogP contribution in [-0.4, -0.2) is 59.5 Å². The largest absolute Gasteiger partial charge is 0.480 e. The third-order valence-electron chi connectivity index (χ3n) is 5.80. The van der Waals surface area contributed by atoms with Crippen molar-refractivity contribution in [1.29, 1.82) is 0 Å². The summed E-state index contributed by atoms with van der Waals surface area (Å²) >= 11 is 0. The number of hydrogen-bond donors (Lipinski definition) is 6. The van der Waals surface area contributed by atoms with Gasteiger partial charge < -0.3 is 32.5 Å². The first-order valence-corrected chi connectivity index (χ1v) is 12.4. The molecule has 0 spiro atoms. The highest BCUT2D eigenvalue weighted by Gasteiger charge is 2.31. The van der Waals surface area contributed by atoms with E-state index in [9.17, 15) is 24.3 Å². The van der Waals surface area contributed by atoms with Crippen molar-refractivity contribution in [2.45, 2.75) is 104 Å². The van der Waals surface area contributed by atoms with Crippen LogP contribution in [0.25, 0.3) is 0 Å². The minimum Gasteiger partial charge on any atom is -0.480 e. The second kappa shape index (κ2) is 16.4. The molecule has 0 aromatic carbocycles. The topological polar surface area (TPSA) is 177 Å². The number of carbonyl (C=O) groups is 4. The molecule has 5 atom stereocenters. The zero-order chi connectivity index (χ0) is 26.4. The second-order valence-electron chi connectivity index (χ2n) is 9.98. The van der Waals surface area contributed by atoms with Crippen molar-refractivity contribution >= 4 is 23.7 Å². The Labute approximate surface area is 204 Å². The summed E-state index contributed by atoms with van der Waals surface area (Å²) in [6.07, 6.45) is 2.89. The predicted octanol–water partition coefficient (Wildman–Crippen LogP) is 1.12. The predicted molar refractivity (Wildman–Crippen MR) is 133 cm³/mol. The van der Waals surface area contributed by atoms with Gasteiger partial charge >= 0.3 is 5.97 Å². The normalized spacial score (nSPS) is 15.8. The fraction of sp³-hybridized carbons (Fsp3) is 0.833. The molecule has 0 aliphatic rings. The standard InChI is InChI=1S/C24H47N5O5/c1-7-16(6)20(26)23(32)29-19(13-15(4)5)22(31)28-18(12-14(2)3)21(30)27-17(24(33)34)10-8-9-11-25/h14-20H,7-13,25-26H2,1-6H3,(H,27,30)(H,28,31)(H,29,32)(H,33,34). The Hall–Kier alpha value is -2.20. The van der Waals surface area contributed by atoms with Gasteiger partial charge in [-0.05, 0) is 56.4 Å². The maximum atomic E-state index is 13.1. The van der Waals surface area contributed by atoms with E-state index < -0.39 is 47.9 Å². The van der Waals surface area contributed by atoms with E-state index in [1.54, 1.807) is 0 Å². The van der Waals surface area contributed by atoms with Crippen LogP contribution in [0.5, 0.6) is 0 Å². The highest BCUT2D eigenvalue weighted by atomic mass is 16.4. The van der Waals surface area contributed by atoms with Crippen LogP contribution in [0, 0.1) is 17.8 Å². The Morgan fingerprint density at radius 3 is 1.59 bits per heavy atom. The van der Waals surface area contributed by atoms with Crippen molar-refractivity contribution in [3.05, 3.63) is 0 Å². The van der Waals surface area contributed by atoms with Gasteiger partial charge in [0.1, 0.15) is 18.1 Å². The molecule has 0 radical (unpaired) electrons. The summed E-state index contributed by atoms with van der Waals surface area (Å²) in [4.78, 5) is 50.3. The van der Waals surface area contributed by atoms with Gasteiger partial charge in [0.05, 0.1) is 6.04 Å². The first kappa shape index (κ1) is 31.8. The number of nitrogens with one attached hydrogen (secondary N) is 3. The minimum absolute atomic E-state index is 0.0468. The number of carboxylic acids is 1. The number of unbranched alkanes of at least 4 members (excludes halogenated alkanes) is 1. The van der Waals surface area contributed by atoms with E-state index in [0.29, 0.717) is 32.2 Å². The third-order valence-corrected chi connectivity index (χ3v) is 5.80. The van der Waals surface area contributed by atoms with Crippen LogP contribution < -0.4 is 27.4 Å². The molecule has 10 nitrogen and oxygen atoms in total. The second-order valence-corrected chi connectivity index (χ2v) is 9.98. The van der Waals surface area contributed by atoms with Gasteiger partial charge in [-0.25, -0.2) is 4.79 Å². The first-order valence-electron chi connectivity index (χ1n) is 12.4. The fourth-order valence-electron chi connectivity index (χ4n) is 3.48. The molecule has 0 fully saturated rings. The molecule has 0 aromatic heterocycles. The number of nitrogens with two attached hydrogens (primary N) is 2. The van der Waals surface area contributed by atoms with Crippen LogP contribution >= 0.6 is 0 Å². The Morgan fingerprint density at radius 1 is 0.765 bits per heavy atom. The van der Waals surface area contributed by atoms with Crippen LogP contribution in [0.4, 0.5) is 0 Å². The summed E-state index contributed by atoms with van der Waals surface area (Å²) in [6.45, 7) is 11.9. The molecule has 3 amide bonds. The van der Waals surface area contributed by atoms with Crippen molar-refractivity contribution in [3.63, 3.8) is 0 Å². The van der Waals surface area contributed by atoms with E-state index in [-0.39, 0.29) is 24.2 Å². The SMILES string of the molecule is CCC(C)C(N)C(=O)NC(CC(C)C)C(=O)NC(CC(C)C)C(=O)NC(CCCCN)C(=O)O. The van der Waals surface area contributed by atoms with E-state index in [4.69, 9.17) is 11.5 Å². The van der Waals surface area contributed by atoms with E-state index in [2.05, 4.69) is 16.0 Å². The highest BCUT2D eigenvalue weighted by Crippen LogP contribution is 2.11. The van der Waals surface area contributed by atoms with Crippen molar-refractivity contribution in [3.8, 4) is 0 Å². The molecule has 8 N–H and O–H groups in total. The van der Waals surface area contributed by atoms with Gasteiger partial charge in [0.2, 0.25) is 17.7 Å². The van der Waals surface area contributed by atoms with Crippen LogP contribution in [0.15, 0.2) is 0 Å². The van der Waals surface area contributed by atoms with Gasteiger partial charge in [-0.2, -0.15) is 0 Å². The highest BCUT2D eigenvalue weighted by molar-refractivity contribution is 5.94. The zero-order valence-electron chi connectivity index (χ0n) is 21.7. The quantitative estimate of drug-likeness (QED) is 0.167. The number of amides is 3. The average molecular weight is 486 g/mol. The van der Waals surface area contributed by atoms with Gasteiger partial charge in [0.25, 0.3) is 0 Å². The molecule has 0 saturated heterocycles. The number of carbonyl (C=O) groups excluding carboxylic acids is 3. The summed E-state index contributed by atoms with van der Waals surface area (Å²) in [7, 11) is 0. The van der Waals surface area contributed by atoms with Crippen molar-refractivity contribution in [1.82, 2.24) is 16.0 Å². The molecular weight excluding hydrogens is 438 g/mol. The Bertz CT molecular complexity index is 656. The Balaban J connectivity index is 5.49. The Morgan fingerprint density at radius 2 is 1.21 bits per heavy atom. The van der Waals surface area contributed by atoms with Gasteiger partial charge in [0.15, 0.2) is 0 Å². The lowest BCUT2D eigenvalue weighted by molar-refractivity contribution is -0.142. The summed E-state index contributed by atoms with van der Waals surface area (Å²) < 4.78 is 0. The molecule has 0 saturated carbocycles. The van der Waals surface area contributed by atoms with Crippen LogP contribution in [-0.2, 0) is 19.2 Å². The third kappa shape index (κ3) is 12.3. The fourth-order valence-corrected chi connectivity index (χ4v) is 3.48. The van der Waals surface area contributed by atoms with Crippen LogP contribution in [0.2, 0.25) is 0 Å². The monoisotopic (exact) mass is 485 g/mol. The van der Waals surface area contributed by atoms with Gasteiger partial charge in [-0.3, -0.25) is 14.4 Å². The number of carboxylic acid groups (broad SMARTS) is 1. The lowest BCUT2D eigenvalue weighted by Crippen LogP contribution is -2.58. The van der Waals surface area contributed by atoms with E-state index in [0.717, 1.165) is 6.42 Å². The van der Waals surface area contributed by atoms with E-state index in [1.165, 1.54) is 0 Å². The lowest BCUT2D eigenvalue weighted by atomic mass is 9.97. The molecule has 0 aromatic rings. The maximum absolute atomic E-state index is 13.1. The van der Waals surface area contributed by atoms with E-state index in [1.807, 2.05) is 41.5 Å². The molecule has 10 heteroatoms. The van der Waals surface area contributed by atoms with E-state index >= 15 is 0 Å². The molecule has 0 rings (SSSR count). The van der Waals surface area contributed by atoms with Gasteiger partial charge in [-0.1, -0.05) is 48.0 Å². The molecule has 0 aliphatic heterocycles. The van der Waals surface area contributed by atoms with Crippen LogP contribution in [0.1, 0.15) is 80.1 Å². The zero-order valence-corrected chi connectivity index (χ0v) is 21.7. The smallest absolute Gasteiger partial charge is 0.326 e. The molecule has 5 unspecified atom stereocenters. The summed E-state index contributed by atoms with van der Waals surface area (Å²) in [5.41, 5.74) is 11.5. The summed E-state index contributed by atoms with van der Waals surface area (Å²) in [5, 5.41) is 17.5. The average Bonchev–Trinajstić information content (AvgIpc) is 2.75. The molecule has 34 heavy (non-hydrogen) atoms. The van der Waals surface area contributed by atoms with Crippen molar-refractivity contribution < 1.29 is 24.3 Å². The van der Waals surface area contributed by atoms with Crippen molar-refractivity contribution in [2.75, 3.05) is 6.54 Å². The van der Waals surface area contributed by atoms with Crippen molar-refractivity contribution in [2.24, 2.45) is 29.2 Å². The van der Waals surface area contributed by atoms with Gasteiger partial charge in [0, 0.05) is 0 Å². The Kier molecular flexibility index (Phi) is 15.4. The first-order chi connectivity index (χ1) is 15.8. The molecule has 198 valence electrons. The summed E-state index contributed by atoms with van der Waals surface area (Å²) in [6, 6.07) is -3.60. The summed E-state index contributed by atoms with van der Waals surface area (Å²) in [5.74, 6) is -2.48. The molecule has 0 aliphatic carbocycles. The minimum atomic E-state index is -1.14. The number of aliphatic carboxylic acids is 1. The number of hydrogen-bond acceptors (Lipinski definition) is 6. The maximum Gasteiger partial charge on any atom is 0.326 e. The molecular formula is C24H47N5O5.